The Bertz CT molecular complexity index is 729. The number of nitrogens with zero attached hydrogens (tertiary/aromatic N) is 1. The lowest BCUT2D eigenvalue weighted by Gasteiger charge is -2.11. The fraction of sp³-hybridized carbons (Fsp3) is 0.143. The van der Waals surface area contributed by atoms with Gasteiger partial charge in [0.15, 0.2) is 0 Å². The van der Waals surface area contributed by atoms with Crippen molar-refractivity contribution in [1.82, 2.24) is 4.98 Å². The van der Waals surface area contributed by atoms with Gasteiger partial charge in [-0.15, -0.1) is 0 Å². The largest absolute Gasteiger partial charge is 0.496 e. The van der Waals surface area contributed by atoms with Crippen molar-refractivity contribution in [2.24, 2.45) is 0 Å². The van der Waals surface area contributed by atoms with Gasteiger partial charge >= 0.3 is 0 Å². The molecule has 1 aromatic carbocycles. The summed E-state index contributed by atoms with van der Waals surface area (Å²) in [7, 11) is 1.55. The van der Waals surface area contributed by atoms with E-state index in [0.717, 1.165) is 5.56 Å². The minimum Gasteiger partial charge on any atom is -0.496 e. The number of aromatic nitrogens is 1. The van der Waals surface area contributed by atoms with Crippen molar-refractivity contribution in [3.8, 4) is 23.1 Å². The van der Waals surface area contributed by atoms with Crippen LogP contribution >= 0.6 is 11.6 Å². The average Bonchev–Trinajstić information content (AvgIpc) is 2.40. The van der Waals surface area contributed by atoms with Gasteiger partial charge in [0, 0.05) is 10.6 Å². The molecule has 0 saturated carbocycles. The fourth-order valence-corrected chi connectivity index (χ4v) is 2.04. The Labute approximate surface area is 115 Å². The van der Waals surface area contributed by atoms with E-state index in [-0.39, 0.29) is 5.56 Å². The second-order valence-electron chi connectivity index (χ2n) is 4.03. The van der Waals surface area contributed by atoms with E-state index in [2.05, 4.69) is 4.98 Å². The number of H-pyrrole nitrogens is 1. The molecule has 1 heterocycles. The molecule has 0 aliphatic carbocycles. The first-order valence-electron chi connectivity index (χ1n) is 5.54. The third kappa shape index (κ3) is 2.47. The molecule has 19 heavy (non-hydrogen) atoms. The number of nitrogens with one attached hydrogen (secondary N) is 1. The van der Waals surface area contributed by atoms with Crippen molar-refractivity contribution in [3.05, 3.63) is 50.8 Å². The van der Waals surface area contributed by atoms with E-state index in [9.17, 15) is 4.79 Å². The molecule has 1 aromatic heterocycles. The van der Waals surface area contributed by atoms with Crippen LogP contribution in [0.2, 0.25) is 5.02 Å². The zero-order chi connectivity index (χ0) is 14.0. The van der Waals surface area contributed by atoms with Crippen LogP contribution in [0, 0.1) is 18.3 Å². The Morgan fingerprint density at radius 3 is 2.74 bits per heavy atom. The Morgan fingerprint density at radius 2 is 2.11 bits per heavy atom. The second kappa shape index (κ2) is 5.17. The van der Waals surface area contributed by atoms with Crippen LogP contribution < -0.4 is 10.3 Å². The Hall–Kier alpha value is -2.25. The maximum atomic E-state index is 11.7. The lowest BCUT2D eigenvalue weighted by Crippen LogP contribution is -2.12. The number of aryl methyl sites for hydroxylation is 1. The van der Waals surface area contributed by atoms with E-state index in [1.54, 1.807) is 31.4 Å². The van der Waals surface area contributed by atoms with Crippen LogP contribution in [0.25, 0.3) is 11.3 Å². The van der Waals surface area contributed by atoms with Crippen molar-refractivity contribution < 1.29 is 4.74 Å². The van der Waals surface area contributed by atoms with E-state index in [1.165, 1.54) is 0 Å². The molecule has 5 heteroatoms. The van der Waals surface area contributed by atoms with Gasteiger partial charge < -0.3 is 9.72 Å². The minimum atomic E-state index is -0.426. The van der Waals surface area contributed by atoms with Gasteiger partial charge in [0.2, 0.25) is 0 Å². The molecular weight excluding hydrogens is 264 g/mol. The molecule has 96 valence electrons. The maximum Gasteiger partial charge on any atom is 0.266 e. The van der Waals surface area contributed by atoms with Crippen molar-refractivity contribution >= 4 is 11.6 Å². The lowest BCUT2D eigenvalue weighted by atomic mass is 10.0. The fourth-order valence-electron chi connectivity index (χ4n) is 1.87. The van der Waals surface area contributed by atoms with Gasteiger partial charge in [0.1, 0.15) is 17.4 Å². The predicted octanol–water partition coefficient (Wildman–Crippen LogP) is 2.88. The number of halogens is 1. The number of hydrogen-bond donors (Lipinski definition) is 1. The summed E-state index contributed by atoms with van der Waals surface area (Å²) in [5.41, 5.74) is 1.72. The number of methoxy groups -OCH3 is 1. The van der Waals surface area contributed by atoms with Crippen molar-refractivity contribution in [2.45, 2.75) is 6.92 Å². The maximum absolute atomic E-state index is 11.7. The van der Waals surface area contributed by atoms with Crippen LogP contribution in [0.1, 0.15) is 11.1 Å². The van der Waals surface area contributed by atoms with E-state index < -0.39 is 5.56 Å². The zero-order valence-electron chi connectivity index (χ0n) is 10.5. The molecular formula is C14H11ClN2O2. The van der Waals surface area contributed by atoms with Gasteiger partial charge in [-0.3, -0.25) is 4.79 Å². The SMILES string of the molecule is COc1ccc(Cl)cc1-c1[nH]c(=O)c(C#N)cc1C. The summed E-state index contributed by atoms with van der Waals surface area (Å²) in [4.78, 5) is 14.4. The standard InChI is InChI=1S/C14H11ClN2O2/c1-8-5-9(7-16)14(18)17-13(8)11-6-10(15)3-4-12(11)19-2/h3-6H,1-2H3,(H,17,18). The summed E-state index contributed by atoms with van der Waals surface area (Å²) < 4.78 is 5.26. The summed E-state index contributed by atoms with van der Waals surface area (Å²) in [5, 5.41) is 9.38. The van der Waals surface area contributed by atoms with Gasteiger partial charge in [-0.1, -0.05) is 11.6 Å². The molecule has 4 nitrogen and oxygen atoms in total. The van der Waals surface area contributed by atoms with Gasteiger partial charge in [0.25, 0.3) is 5.56 Å². The second-order valence-corrected chi connectivity index (χ2v) is 4.46. The quantitative estimate of drug-likeness (QED) is 0.916. The molecule has 0 unspecified atom stereocenters. The minimum absolute atomic E-state index is 0.0854. The van der Waals surface area contributed by atoms with Crippen molar-refractivity contribution in [1.29, 1.82) is 5.26 Å². The van der Waals surface area contributed by atoms with Crippen LogP contribution in [-0.2, 0) is 0 Å². The van der Waals surface area contributed by atoms with Crippen molar-refractivity contribution in [2.75, 3.05) is 7.11 Å². The first-order chi connectivity index (χ1) is 9.06. The van der Waals surface area contributed by atoms with Crippen molar-refractivity contribution in [3.63, 3.8) is 0 Å². The van der Waals surface area contributed by atoms with E-state index in [4.69, 9.17) is 21.6 Å². The molecule has 0 aliphatic rings. The Kier molecular flexibility index (Phi) is 3.59. The van der Waals surface area contributed by atoms with Crippen LogP contribution in [-0.4, -0.2) is 12.1 Å². The first kappa shape index (κ1) is 13.2. The van der Waals surface area contributed by atoms with Crippen LogP contribution in [0.15, 0.2) is 29.1 Å². The lowest BCUT2D eigenvalue weighted by molar-refractivity contribution is 0.416. The molecule has 0 fully saturated rings. The molecule has 0 amide bonds. The third-order valence-corrected chi connectivity index (χ3v) is 3.02. The molecule has 1 N–H and O–H groups in total. The van der Waals surface area contributed by atoms with Crippen LogP contribution in [0.3, 0.4) is 0 Å². The highest BCUT2D eigenvalue weighted by molar-refractivity contribution is 6.31. The number of pyridine rings is 1. The normalized spacial score (nSPS) is 10.0. The first-order valence-corrected chi connectivity index (χ1v) is 5.92. The highest BCUT2D eigenvalue weighted by Crippen LogP contribution is 2.32. The number of ether oxygens (including phenoxy) is 1. The van der Waals surface area contributed by atoms with E-state index in [0.29, 0.717) is 22.0 Å². The topological polar surface area (TPSA) is 65.9 Å². The summed E-state index contributed by atoms with van der Waals surface area (Å²) in [5.74, 6) is 0.604. The summed E-state index contributed by atoms with van der Waals surface area (Å²) in [6.45, 7) is 1.81. The van der Waals surface area contributed by atoms with Gasteiger partial charge in [-0.2, -0.15) is 5.26 Å². The van der Waals surface area contributed by atoms with Gasteiger partial charge in [-0.25, -0.2) is 0 Å². The molecule has 0 aliphatic heterocycles. The monoisotopic (exact) mass is 274 g/mol. The van der Waals surface area contributed by atoms with Gasteiger partial charge in [-0.05, 0) is 36.8 Å². The summed E-state index contributed by atoms with van der Waals surface area (Å²) in [6.07, 6.45) is 0. The smallest absolute Gasteiger partial charge is 0.266 e. The van der Waals surface area contributed by atoms with Gasteiger partial charge in [0.05, 0.1) is 12.8 Å². The number of aromatic amines is 1. The molecule has 2 rings (SSSR count). The number of benzene rings is 1. The molecule has 0 radical (unpaired) electrons. The summed E-state index contributed by atoms with van der Waals surface area (Å²) >= 11 is 5.97. The number of nitriles is 1. The third-order valence-electron chi connectivity index (χ3n) is 2.79. The molecule has 0 saturated heterocycles. The highest BCUT2D eigenvalue weighted by atomic mass is 35.5. The van der Waals surface area contributed by atoms with E-state index >= 15 is 0 Å². The zero-order valence-corrected chi connectivity index (χ0v) is 11.2. The predicted molar refractivity (Wildman–Crippen MR) is 73.5 cm³/mol. The highest BCUT2D eigenvalue weighted by Gasteiger charge is 2.12. The number of hydrogen-bond acceptors (Lipinski definition) is 3. The Balaban J connectivity index is 2.73. The molecule has 2 aromatic rings. The Morgan fingerprint density at radius 1 is 1.37 bits per heavy atom. The van der Waals surface area contributed by atoms with E-state index in [1.807, 2.05) is 13.0 Å². The summed E-state index contributed by atoms with van der Waals surface area (Å²) in [6, 6.07) is 8.56. The average molecular weight is 275 g/mol. The molecule has 0 spiro atoms. The number of rotatable bonds is 2. The van der Waals surface area contributed by atoms with Crippen LogP contribution in [0.5, 0.6) is 5.75 Å². The molecule has 0 bridgehead atoms. The molecule has 0 atom stereocenters. The van der Waals surface area contributed by atoms with Crippen LogP contribution in [0.4, 0.5) is 0 Å².